The predicted molar refractivity (Wildman–Crippen MR) is 136 cm³/mol. The number of ether oxygens (including phenoxy) is 3. The van der Waals surface area contributed by atoms with Crippen LogP contribution in [0, 0.1) is 11.8 Å². The second-order valence-electron chi connectivity index (χ2n) is 10.6. The summed E-state index contributed by atoms with van der Waals surface area (Å²) in [5.41, 5.74) is 7.75. The number of fused-ring (bicyclic) bond motifs is 2. The van der Waals surface area contributed by atoms with E-state index in [1.165, 1.54) is 22.3 Å². The molecule has 0 spiro atoms. The maximum atomic E-state index is 6.46. The molecule has 3 heteroatoms. The van der Waals surface area contributed by atoms with Crippen LogP contribution >= 0.6 is 0 Å². The van der Waals surface area contributed by atoms with E-state index in [1.54, 1.807) is 0 Å². The van der Waals surface area contributed by atoms with Crippen molar-refractivity contribution in [1.82, 2.24) is 0 Å². The van der Waals surface area contributed by atoms with Crippen molar-refractivity contribution in [2.45, 2.75) is 104 Å². The second kappa shape index (κ2) is 10.7. The first kappa shape index (κ1) is 24.4. The van der Waals surface area contributed by atoms with Crippen LogP contribution in [0.2, 0.25) is 0 Å². The lowest BCUT2D eigenvalue weighted by atomic mass is 9.87. The zero-order chi connectivity index (χ0) is 23.5. The molecule has 3 nitrogen and oxygen atoms in total. The van der Waals surface area contributed by atoms with E-state index in [2.05, 4.69) is 65.2 Å². The minimum Gasteiger partial charge on any atom is -0.341 e. The smallest absolute Gasteiger partial charge is 0.184 e. The third-order valence-corrected chi connectivity index (χ3v) is 7.82. The van der Waals surface area contributed by atoms with Crippen molar-refractivity contribution in [2.75, 3.05) is 0 Å². The number of hydrogen-bond acceptors (Lipinski definition) is 3. The van der Waals surface area contributed by atoms with Crippen LogP contribution in [-0.4, -0.2) is 24.8 Å². The summed E-state index contributed by atoms with van der Waals surface area (Å²) in [5, 5.41) is 0. The first-order chi connectivity index (χ1) is 15.8. The maximum absolute atomic E-state index is 6.46. The second-order valence-corrected chi connectivity index (χ2v) is 10.6. The fourth-order valence-electron chi connectivity index (χ4n) is 5.57. The van der Waals surface area contributed by atoms with E-state index in [1.807, 2.05) is 0 Å². The van der Waals surface area contributed by atoms with Gasteiger partial charge in [-0.2, -0.15) is 0 Å². The molecular formula is C30H42O3. The van der Waals surface area contributed by atoms with E-state index < -0.39 is 12.6 Å². The van der Waals surface area contributed by atoms with E-state index in [0.29, 0.717) is 0 Å². The molecule has 0 radical (unpaired) electrons. The van der Waals surface area contributed by atoms with Gasteiger partial charge in [-0.1, -0.05) is 59.8 Å². The zero-order valence-electron chi connectivity index (χ0n) is 21.1. The van der Waals surface area contributed by atoms with Gasteiger partial charge in [0.1, 0.15) is 0 Å². The highest BCUT2D eigenvalue weighted by Crippen LogP contribution is 2.42. The number of rotatable bonds is 2. The predicted octanol–water partition coefficient (Wildman–Crippen LogP) is 7.73. The zero-order valence-corrected chi connectivity index (χ0v) is 21.1. The lowest BCUT2D eigenvalue weighted by Gasteiger charge is -2.20. The Morgan fingerprint density at radius 2 is 1.09 bits per heavy atom. The molecule has 2 aliphatic carbocycles. The third kappa shape index (κ3) is 5.88. The van der Waals surface area contributed by atoms with Crippen molar-refractivity contribution < 1.29 is 14.2 Å². The van der Waals surface area contributed by atoms with Crippen molar-refractivity contribution in [3.63, 3.8) is 0 Å². The maximum Gasteiger partial charge on any atom is 0.184 e. The van der Waals surface area contributed by atoms with E-state index >= 15 is 0 Å². The summed E-state index contributed by atoms with van der Waals surface area (Å²) in [6.07, 6.45) is 17.1. The fourth-order valence-corrected chi connectivity index (χ4v) is 5.57. The molecule has 0 aromatic carbocycles. The summed E-state index contributed by atoms with van der Waals surface area (Å²) in [5.74, 6) is 0.549. The monoisotopic (exact) mass is 450 g/mol. The van der Waals surface area contributed by atoms with E-state index in [-0.39, 0.29) is 24.0 Å². The van der Waals surface area contributed by atoms with Gasteiger partial charge >= 0.3 is 0 Å². The number of hydrogen-bond donors (Lipinski definition) is 0. The third-order valence-electron chi connectivity index (χ3n) is 7.82. The van der Waals surface area contributed by atoms with Crippen LogP contribution < -0.4 is 0 Å². The Bertz CT molecular complexity index is 814. The quantitative estimate of drug-likeness (QED) is 0.403. The Hall–Kier alpha value is -1.68. The van der Waals surface area contributed by atoms with Crippen LogP contribution in [0.5, 0.6) is 0 Å². The lowest BCUT2D eigenvalue weighted by Crippen LogP contribution is -2.24. The standard InChI is InChI=1S/C30H42O3/c1-19-9-7-11-21(3)17-27-25(15-13-19)23(5)29(31-27)33-30-24(6)26-16-14-20(2)10-8-12-22(4)18-28(26)32-30/h9-10,17-18,25-30H,5-8,11-16H2,1-4H3. The van der Waals surface area contributed by atoms with Gasteiger partial charge in [-0.25, -0.2) is 0 Å². The molecule has 2 saturated heterocycles. The van der Waals surface area contributed by atoms with Crippen molar-refractivity contribution in [3.8, 4) is 0 Å². The highest BCUT2D eigenvalue weighted by molar-refractivity contribution is 5.23. The Balaban J connectivity index is 1.48. The molecule has 0 N–H and O–H groups in total. The normalized spacial score (nSPS) is 36.2. The van der Waals surface area contributed by atoms with Crippen LogP contribution in [0.15, 0.2) is 70.9 Å². The first-order valence-corrected chi connectivity index (χ1v) is 12.8. The van der Waals surface area contributed by atoms with Crippen molar-refractivity contribution in [3.05, 3.63) is 70.9 Å². The summed E-state index contributed by atoms with van der Waals surface area (Å²) in [4.78, 5) is 0. The highest BCUT2D eigenvalue weighted by Gasteiger charge is 2.44. The van der Waals surface area contributed by atoms with Gasteiger partial charge in [0.15, 0.2) is 12.6 Å². The van der Waals surface area contributed by atoms with Crippen LogP contribution in [0.3, 0.4) is 0 Å². The molecule has 2 heterocycles. The van der Waals surface area contributed by atoms with Gasteiger partial charge in [0, 0.05) is 11.8 Å². The van der Waals surface area contributed by atoms with Crippen LogP contribution in [0.4, 0.5) is 0 Å². The molecule has 0 aromatic rings. The van der Waals surface area contributed by atoms with Crippen LogP contribution in [0.25, 0.3) is 0 Å². The Labute approximate surface area is 201 Å². The molecule has 0 saturated carbocycles. The van der Waals surface area contributed by atoms with Gasteiger partial charge in [-0.05, 0) is 90.2 Å². The summed E-state index contributed by atoms with van der Waals surface area (Å²) in [6.45, 7) is 17.7. The first-order valence-electron chi connectivity index (χ1n) is 12.8. The Kier molecular flexibility index (Phi) is 7.94. The van der Waals surface area contributed by atoms with Gasteiger partial charge < -0.3 is 14.2 Å². The topological polar surface area (TPSA) is 27.7 Å². The molecule has 0 amide bonds. The van der Waals surface area contributed by atoms with Gasteiger partial charge in [-0.15, -0.1) is 0 Å². The van der Waals surface area contributed by atoms with Crippen molar-refractivity contribution in [1.29, 1.82) is 0 Å². The molecule has 0 aromatic heterocycles. The van der Waals surface area contributed by atoms with Gasteiger partial charge in [0.2, 0.25) is 0 Å². The van der Waals surface area contributed by atoms with Gasteiger partial charge in [0.05, 0.1) is 12.2 Å². The molecule has 180 valence electrons. The largest absolute Gasteiger partial charge is 0.341 e. The highest BCUT2D eigenvalue weighted by atomic mass is 16.8. The van der Waals surface area contributed by atoms with Crippen molar-refractivity contribution >= 4 is 0 Å². The average Bonchev–Trinajstić information content (AvgIpc) is 3.20. The molecule has 2 aliphatic heterocycles. The van der Waals surface area contributed by atoms with Crippen LogP contribution in [0.1, 0.15) is 79.1 Å². The minimum absolute atomic E-state index is 0.0266. The molecular weight excluding hydrogens is 408 g/mol. The van der Waals surface area contributed by atoms with Crippen molar-refractivity contribution in [2.24, 2.45) is 11.8 Å². The summed E-state index contributed by atoms with van der Waals surface area (Å²) in [6, 6.07) is 0. The molecule has 4 aliphatic rings. The minimum atomic E-state index is -0.447. The lowest BCUT2D eigenvalue weighted by molar-refractivity contribution is -0.204. The molecule has 6 atom stereocenters. The van der Waals surface area contributed by atoms with E-state index in [4.69, 9.17) is 14.2 Å². The van der Waals surface area contributed by atoms with Crippen LogP contribution in [-0.2, 0) is 14.2 Å². The summed E-state index contributed by atoms with van der Waals surface area (Å²) < 4.78 is 19.3. The van der Waals surface area contributed by atoms with E-state index in [0.717, 1.165) is 62.5 Å². The molecule has 33 heavy (non-hydrogen) atoms. The molecule has 2 fully saturated rings. The van der Waals surface area contributed by atoms with E-state index in [9.17, 15) is 0 Å². The molecule has 6 unspecified atom stereocenters. The summed E-state index contributed by atoms with van der Waals surface area (Å²) in [7, 11) is 0. The Morgan fingerprint density at radius 3 is 1.52 bits per heavy atom. The molecule has 0 bridgehead atoms. The van der Waals surface area contributed by atoms with Gasteiger partial charge in [-0.3, -0.25) is 0 Å². The molecule has 4 rings (SSSR count). The average molecular weight is 451 g/mol. The summed E-state index contributed by atoms with van der Waals surface area (Å²) >= 11 is 0. The van der Waals surface area contributed by atoms with Gasteiger partial charge in [0.25, 0.3) is 0 Å². The fraction of sp³-hybridized carbons (Fsp3) is 0.600. The Morgan fingerprint density at radius 1 is 0.667 bits per heavy atom. The SMILES string of the molecule is C=C1C(OC2OC3C=C(C)CCC=C(C)CCC3C2=C)OC2C=C(C)CCC=C(C)CCC12. The number of allylic oxidation sites excluding steroid dienone is 6.